The number of hydrogen-bond donors (Lipinski definition) is 0. The van der Waals surface area contributed by atoms with E-state index in [2.05, 4.69) is 61.0 Å². The van der Waals surface area contributed by atoms with Gasteiger partial charge in [-0.25, -0.2) is 0 Å². The first-order valence-corrected chi connectivity index (χ1v) is 7.74. The first kappa shape index (κ1) is 14.1. The van der Waals surface area contributed by atoms with Crippen molar-refractivity contribution < 1.29 is 4.74 Å². The highest BCUT2D eigenvalue weighted by Crippen LogP contribution is 2.43. The van der Waals surface area contributed by atoms with Crippen LogP contribution in [-0.4, -0.2) is 11.7 Å². The Morgan fingerprint density at radius 1 is 1.28 bits per heavy atom. The molecule has 0 unspecified atom stereocenters. The molecule has 1 aromatic rings. The van der Waals surface area contributed by atoms with Crippen molar-refractivity contribution in [1.29, 1.82) is 0 Å². The van der Waals surface area contributed by atoms with Crippen molar-refractivity contribution in [2.24, 2.45) is 0 Å². The van der Waals surface area contributed by atoms with Gasteiger partial charge in [0.05, 0.1) is 11.7 Å². The SMILES string of the molecule is CCCC[C@@H]1OC(C)(C)C[C@H]1c1ccc(Br)cc1. The van der Waals surface area contributed by atoms with Gasteiger partial charge in [-0.15, -0.1) is 0 Å². The van der Waals surface area contributed by atoms with Crippen molar-refractivity contribution in [2.75, 3.05) is 0 Å². The summed E-state index contributed by atoms with van der Waals surface area (Å²) >= 11 is 3.50. The van der Waals surface area contributed by atoms with Gasteiger partial charge in [-0.2, -0.15) is 0 Å². The minimum Gasteiger partial charge on any atom is -0.372 e. The predicted molar refractivity (Wildman–Crippen MR) is 80.0 cm³/mol. The molecule has 1 saturated heterocycles. The quantitative estimate of drug-likeness (QED) is 0.734. The zero-order valence-corrected chi connectivity index (χ0v) is 13.2. The van der Waals surface area contributed by atoms with Gasteiger partial charge >= 0.3 is 0 Å². The standard InChI is InChI=1S/C16H23BrO/c1-4-5-6-15-14(11-16(2,3)18-15)12-7-9-13(17)10-8-12/h7-10,14-15H,4-6,11H2,1-3H3/t14-,15-/m0/s1. The molecule has 2 heteroatoms. The topological polar surface area (TPSA) is 9.23 Å². The summed E-state index contributed by atoms with van der Waals surface area (Å²) in [4.78, 5) is 0. The first-order valence-electron chi connectivity index (χ1n) is 6.95. The van der Waals surface area contributed by atoms with E-state index in [0.717, 1.165) is 10.9 Å². The van der Waals surface area contributed by atoms with Crippen LogP contribution in [0.5, 0.6) is 0 Å². The highest BCUT2D eigenvalue weighted by atomic mass is 79.9. The van der Waals surface area contributed by atoms with Crippen molar-refractivity contribution >= 4 is 15.9 Å². The Labute approximate surface area is 119 Å². The summed E-state index contributed by atoms with van der Waals surface area (Å²) < 4.78 is 7.38. The normalized spacial score (nSPS) is 26.4. The second kappa shape index (κ2) is 5.75. The van der Waals surface area contributed by atoms with E-state index >= 15 is 0 Å². The molecule has 0 radical (unpaired) electrons. The van der Waals surface area contributed by atoms with Crippen LogP contribution in [0.1, 0.15) is 57.9 Å². The van der Waals surface area contributed by atoms with Crippen molar-refractivity contribution in [2.45, 2.75) is 64.1 Å². The van der Waals surface area contributed by atoms with Crippen LogP contribution in [0.25, 0.3) is 0 Å². The van der Waals surface area contributed by atoms with E-state index in [1.165, 1.54) is 24.8 Å². The van der Waals surface area contributed by atoms with E-state index in [0.29, 0.717) is 12.0 Å². The fourth-order valence-corrected chi connectivity index (χ4v) is 3.17. The maximum Gasteiger partial charge on any atom is 0.0651 e. The zero-order chi connectivity index (χ0) is 13.2. The molecule has 0 amide bonds. The summed E-state index contributed by atoms with van der Waals surface area (Å²) in [6, 6.07) is 8.74. The van der Waals surface area contributed by atoms with Gasteiger partial charge in [0.25, 0.3) is 0 Å². The minimum atomic E-state index is 0.0240. The molecule has 1 fully saturated rings. The fourth-order valence-electron chi connectivity index (χ4n) is 2.91. The lowest BCUT2D eigenvalue weighted by molar-refractivity contribution is -0.0211. The van der Waals surface area contributed by atoms with Crippen molar-refractivity contribution in [1.82, 2.24) is 0 Å². The number of hydrogen-bond acceptors (Lipinski definition) is 1. The van der Waals surface area contributed by atoms with Crippen molar-refractivity contribution in [3.8, 4) is 0 Å². The van der Waals surface area contributed by atoms with Gasteiger partial charge in [-0.3, -0.25) is 0 Å². The third kappa shape index (κ3) is 3.36. The van der Waals surface area contributed by atoms with Gasteiger partial charge in [0.15, 0.2) is 0 Å². The van der Waals surface area contributed by atoms with E-state index < -0.39 is 0 Å². The molecule has 18 heavy (non-hydrogen) atoms. The molecule has 0 bridgehead atoms. The summed E-state index contributed by atoms with van der Waals surface area (Å²) in [7, 11) is 0. The number of halogens is 1. The largest absolute Gasteiger partial charge is 0.372 e. The van der Waals surface area contributed by atoms with Crippen molar-refractivity contribution in [3.63, 3.8) is 0 Å². The molecule has 0 aromatic heterocycles. The Morgan fingerprint density at radius 3 is 2.56 bits per heavy atom. The second-order valence-corrected chi connectivity index (χ2v) is 6.84. The van der Waals surface area contributed by atoms with Gasteiger partial charge < -0.3 is 4.74 Å². The molecule has 1 aromatic carbocycles. The van der Waals surface area contributed by atoms with Gasteiger partial charge in [-0.05, 0) is 44.4 Å². The summed E-state index contributed by atoms with van der Waals surface area (Å²) in [5.41, 5.74) is 1.45. The van der Waals surface area contributed by atoms with E-state index in [1.54, 1.807) is 0 Å². The fraction of sp³-hybridized carbons (Fsp3) is 0.625. The highest BCUT2D eigenvalue weighted by Gasteiger charge is 2.40. The average Bonchev–Trinajstić information content (AvgIpc) is 2.63. The van der Waals surface area contributed by atoms with Gasteiger partial charge in [0.1, 0.15) is 0 Å². The molecular weight excluding hydrogens is 288 g/mol. The van der Waals surface area contributed by atoms with Crippen molar-refractivity contribution in [3.05, 3.63) is 34.3 Å². The van der Waals surface area contributed by atoms with Gasteiger partial charge in [-0.1, -0.05) is 47.8 Å². The highest BCUT2D eigenvalue weighted by molar-refractivity contribution is 9.10. The van der Waals surface area contributed by atoms with Crippen LogP contribution in [0.2, 0.25) is 0 Å². The smallest absolute Gasteiger partial charge is 0.0651 e. The maximum absolute atomic E-state index is 6.24. The number of ether oxygens (including phenoxy) is 1. The minimum absolute atomic E-state index is 0.0240. The summed E-state index contributed by atoms with van der Waals surface area (Å²) in [5.74, 6) is 0.555. The van der Waals surface area contributed by atoms with E-state index in [1.807, 2.05) is 0 Å². The van der Waals surface area contributed by atoms with Crippen LogP contribution >= 0.6 is 15.9 Å². The number of rotatable bonds is 4. The Hall–Kier alpha value is -0.340. The Morgan fingerprint density at radius 2 is 1.94 bits per heavy atom. The molecule has 1 aliphatic rings. The molecule has 1 nitrogen and oxygen atoms in total. The zero-order valence-electron chi connectivity index (χ0n) is 11.6. The third-order valence-electron chi connectivity index (χ3n) is 3.77. The van der Waals surface area contributed by atoms with Gasteiger partial charge in [0, 0.05) is 10.4 Å². The Bertz CT molecular complexity index is 383. The molecule has 0 saturated carbocycles. The average molecular weight is 311 g/mol. The molecule has 2 atom stereocenters. The lowest BCUT2D eigenvalue weighted by atomic mass is 9.86. The van der Waals surface area contributed by atoms with E-state index in [-0.39, 0.29) is 5.60 Å². The molecule has 100 valence electrons. The molecule has 0 spiro atoms. The lowest BCUT2D eigenvalue weighted by Crippen LogP contribution is -2.20. The van der Waals surface area contributed by atoms with Crippen LogP contribution in [-0.2, 0) is 4.74 Å². The van der Waals surface area contributed by atoms with E-state index in [4.69, 9.17) is 4.74 Å². The number of unbranched alkanes of at least 4 members (excludes halogenated alkanes) is 1. The third-order valence-corrected chi connectivity index (χ3v) is 4.30. The maximum atomic E-state index is 6.24. The van der Waals surface area contributed by atoms with Crippen LogP contribution in [0.15, 0.2) is 28.7 Å². The summed E-state index contributed by atoms with van der Waals surface area (Å²) in [5, 5.41) is 0. The van der Waals surface area contributed by atoms with Crippen LogP contribution < -0.4 is 0 Å². The second-order valence-electron chi connectivity index (χ2n) is 5.92. The lowest BCUT2D eigenvalue weighted by Gasteiger charge is -2.20. The molecule has 0 aliphatic carbocycles. The van der Waals surface area contributed by atoms with E-state index in [9.17, 15) is 0 Å². The Balaban J connectivity index is 2.15. The first-order chi connectivity index (χ1) is 8.52. The van der Waals surface area contributed by atoms with Crippen LogP contribution in [0, 0.1) is 0 Å². The summed E-state index contributed by atoms with van der Waals surface area (Å²) in [6.45, 7) is 6.67. The molecule has 1 heterocycles. The van der Waals surface area contributed by atoms with Crippen LogP contribution in [0.4, 0.5) is 0 Å². The summed E-state index contributed by atoms with van der Waals surface area (Å²) in [6.07, 6.45) is 5.20. The van der Waals surface area contributed by atoms with Gasteiger partial charge in [0.2, 0.25) is 0 Å². The molecule has 1 aliphatic heterocycles. The monoisotopic (exact) mass is 310 g/mol. The predicted octanol–water partition coefficient (Wildman–Crippen LogP) is 5.29. The molecular formula is C16H23BrO. The Kier molecular flexibility index (Phi) is 4.50. The molecule has 0 N–H and O–H groups in total. The number of benzene rings is 1. The van der Waals surface area contributed by atoms with Crippen LogP contribution in [0.3, 0.4) is 0 Å². The molecule has 2 rings (SSSR count).